The number of ether oxygens (including phenoxy) is 21. The number of hydrogen-bond donors (Lipinski definition) is 1. The Morgan fingerprint density at radius 3 is 1.36 bits per heavy atom. The van der Waals surface area contributed by atoms with Crippen molar-refractivity contribution in [1.29, 1.82) is 0 Å². The molecule has 1 N–H and O–H groups in total. The maximum absolute atomic E-state index is 15.9. The second kappa shape index (κ2) is 39.2. The van der Waals surface area contributed by atoms with E-state index in [-0.39, 0.29) is 77.2 Å². The van der Waals surface area contributed by atoms with Crippen LogP contribution in [-0.4, -0.2) is 244 Å². The molecule has 766 valence electrons. The Balaban J connectivity index is 0.000000182. The van der Waals surface area contributed by atoms with Crippen LogP contribution in [0.5, 0.6) is 23.0 Å². The molecule has 36 heteroatoms. The van der Waals surface area contributed by atoms with E-state index in [1.165, 1.54) is 53.9 Å². The molecular formula is C105H131NO35. The van der Waals surface area contributed by atoms with Crippen LogP contribution in [0.3, 0.4) is 0 Å². The fraction of sp³-hybridized carbons (Fsp3) is 0.610. The average molecular weight is 1970 g/mol. The summed E-state index contributed by atoms with van der Waals surface area (Å²) in [7, 11) is 7.47. The highest BCUT2D eigenvalue weighted by molar-refractivity contribution is 5.97. The normalized spacial score (nSPS) is 34.6. The lowest BCUT2D eigenvalue weighted by molar-refractivity contribution is -0.340. The smallest absolute Gasteiger partial charge is 0.497 e. The summed E-state index contributed by atoms with van der Waals surface area (Å²) < 4.78 is 126. The predicted octanol–water partition coefficient (Wildman–Crippen LogP) is 13.8. The lowest BCUT2D eigenvalue weighted by Crippen LogP contribution is -2.82. The maximum Gasteiger partial charge on any atom is 0.509 e. The van der Waals surface area contributed by atoms with E-state index < -0.39 is 243 Å². The summed E-state index contributed by atoms with van der Waals surface area (Å²) in [6, 6.07) is 26.3. The summed E-state index contributed by atoms with van der Waals surface area (Å²) in [5.41, 5.74) is -11.7. The highest BCUT2D eigenvalue weighted by Crippen LogP contribution is 2.71. The van der Waals surface area contributed by atoms with E-state index in [0.717, 1.165) is 0 Å². The first-order chi connectivity index (χ1) is 66.2. The number of carbonyl (C=O) groups excluding carboxylic acids is 13. The second-order valence-corrected chi connectivity index (χ2v) is 42.1. The predicted molar refractivity (Wildman–Crippen MR) is 494 cm³/mol. The molecule has 36 nitrogen and oxygen atoms in total. The van der Waals surface area contributed by atoms with E-state index in [1.54, 1.807) is 181 Å². The molecule has 26 atom stereocenters. The Hall–Kier alpha value is -11.7. The Bertz CT molecular complexity index is 5620. The standard InChI is InChI=1S/C50H60O16.C33H38O12.C22H33NO7/c1-24(2)19-30-21-34(32-18-17-31(57-10)22-33(32)58-11)61-38(30)45(55)62-37-26(4)36-39(60-27(5)51)41(53)48(9)25(3)20-35-49(23-59-35,65-28(6)52)40(48)43(63-44(54)29-15-13-12-14-16-29)50(47(36,7)8)42(37)64-46(56)66-50;1-15-13-20-32(14-40-20,44-18(4)35)24-27(42-28(38)19-11-9-8-10-12-19)33-26(43-29(39)45-33)22(36)16(2)21(30(33,5)6)23(41-17(3)34)25(37)31(15,24)7;1-13(2)11-16-18(20(24)28-8)29-19(23(16)21(25)30-22(3,4)5)15-10-9-14(26-6)12-17(15)27-7/h12-18,22,24-25,30,34-35,37-40,42-43H,19-21,23H2,1-11H3;8-12,15,20,22-24,26-27,36H,13-14H2,1-7H3;9-10,12-13,16,18-19H,11H2,1-8H3/t25-,30?,34?,35?,37+,38?,39+,40-,42-,43-,48+,49-,50+;15-,20?,22+,23+,24-,26-,27-,31+,32-,33+;/m00./s1. The summed E-state index contributed by atoms with van der Waals surface area (Å²) in [5.74, 6) is -8.42. The number of methoxy groups -OCH3 is 5. The first-order valence-corrected chi connectivity index (χ1v) is 47.7. The Labute approximate surface area is 819 Å². The van der Waals surface area contributed by atoms with Crippen molar-refractivity contribution >= 4 is 77.7 Å². The van der Waals surface area contributed by atoms with Crippen LogP contribution in [0.2, 0.25) is 0 Å². The highest BCUT2D eigenvalue weighted by Gasteiger charge is 2.86. The number of benzene rings is 4. The van der Waals surface area contributed by atoms with Crippen LogP contribution in [0.15, 0.2) is 119 Å². The number of nitrogens with zero attached hydrogens (tertiary/aromatic N) is 1. The number of Topliss-reactive ketones (excluding diaryl/α,β-unsaturated/α-hetero) is 2. The first-order valence-electron chi connectivity index (χ1n) is 47.7. The summed E-state index contributed by atoms with van der Waals surface area (Å²) in [6.07, 6.45) is -18.2. The summed E-state index contributed by atoms with van der Waals surface area (Å²) in [4.78, 5) is 181. The number of esters is 8. The van der Waals surface area contributed by atoms with Gasteiger partial charge in [0.2, 0.25) is 11.2 Å². The van der Waals surface area contributed by atoms with Crippen LogP contribution in [0.25, 0.3) is 0 Å². The van der Waals surface area contributed by atoms with E-state index in [4.69, 9.17) is 99.5 Å². The number of amides is 1. The van der Waals surface area contributed by atoms with Gasteiger partial charge in [-0.25, -0.2) is 33.6 Å². The molecule has 6 heterocycles. The van der Waals surface area contributed by atoms with E-state index in [1.807, 2.05) is 47.6 Å². The lowest BCUT2D eigenvalue weighted by Gasteiger charge is -2.67. The summed E-state index contributed by atoms with van der Waals surface area (Å²) >= 11 is 0. The Morgan fingerprint density at radius 2 is 0.950 bits per heavy atom. The lowest BCUT2D eigenvalue weighted by atomic mass is 9.43. The van der Waals surface area contributed by atoms with E-state index >= 15 is 14.4 Å². The summed E-state index contributed by atoms with van der Waals surface area (Å²) in [6.45, 7) is 34.9. The van der Waals surface area contributed by atoms with Gasteiger partial charge in [0.05, 0.1) is 83.9 Å². The fourth-order valence-electron chi connectivity index (χ4n) is 24.8. The van der Waals surface area contributed by atoms with Crippen LogP contribution < -0.4 is 18.9 Å². The van der Waals surface area contributed by atoms with Gasteiger partial charge in [-0.1, -0.05) is 119 Å². The van der Waals surface area contributed by atoms with Crippen LogP contribution >= 0.6 is 0 Å². The monoisotopic (exact) mass is 1970 g/mol. The van der Waals surface area contributed by atoms with Gasteiger partial charge in [0.1, 0.15) is 46.9 Å². The van der Waals surface area contributed by atoms with Gasteiger partial charge < -0.3 is 105 Å². The van der Waals surface area contributed by atoms with Gasteiger partial charge in [0.15, 0.2) is 83.9 Å². The summed E-state index contributed by atoms with van der Waals surface area (Å²) in [5, 5.41) is 11.8. The highest BCUT2D eigenvalue weighted by atomic mass is 16.8. The van der Waals surface area contributed by atoms with Crippen molar-refractivity contribution in [2.24, 2.45) is 63.1 Å². The maximum atomic E-state index is 15.9. The number of fused-ring (bicyclic) bond motifs is 8. The van der Waals surface area contributed by atoms with Crippen molar-refractivity contribution in [1.82, 2.24) is 4.90 Å². The number of aliphatic hydroxyl groups is 1. The number of rotatable bonds is 21. The minimum atomic E-state index is -2.16. The molecular weight excluding hydrogens is 1840 g/mol. The molecule has 16 rings (SSSR count). The average Bonchev–Trinajstić information content (AvgIpc) is 1.65. The Morgan fingerprint density at radius 1 is 0.511 bits per heavy atom. The van der Waals surface area contributed by atoms with Gasteiger partial charge in [-0.2, -0.15) is 0 Å². The molecule has 4 aromatic rings. The molecule has 12 aliphatic rings. The van der Waals surface area contributed by atoms with Gasteiger partial charge in [0.25, 0.3) is 0 Å². The van der Waals surface area contributed by atoms with Crippen molar-refractivity contribution in [3.63, 3.8) is 0 Å². The first kappa shape index (κ1) is 105. The van der Waals surface area contributed by atoms with E-state index in [0.29, 0.717) is 53.4 Å². The number of carbonyl (C=O) groups is 13. The number of ketones is 2. The topological polar surface area (TPSA) is 439 Å². The molecule has 4 aromatic carbocycles. The van der Waals surface area contributed by atoms with Crippen molar-refractivity contribution in [3.8, 4) is 23.0 Å². The molecule has 4 saturated carbocycles. The molecule has 6 aliphatic carbocycles. The zero-order chi connectivity index (χ0) is 103. The molecule has 0 radical (unpaired) electrons. The number of hydrogen-bond acceptors (Lipinski definition) is 35. The van der Waals surface area contributed by atoms with Crippen molar-refractivity contribution in [2.75, 3.05) is 48.8 Å². The Kier molecular flexibility index (Phi) is 29.2. The second-order valence-electron chi connectivity index (χ2n) is 42.1. The third-order valence-corrected chi connectivity index (χ3v) is 31.2. The van der Waals surface area contributed by atoms with Crippen molar-refractivity contribution in [2.45, 2.75) is 297 Å². The van der Waals surface area contributed by atoms with Gasteiger partial charge >= 0.3 is 66.2 Å². The minimum Gasteiger partial charge on any atom is -0.497 e. The minimum absolute atomic E-state index is 0.136. The SMILES string of the molecule is CC(=O)O[C@H]1C(=O)[C@]2(C)[C@@H](C)CC3OC[C@@]3(OC(C)=O)[C@H]2[C@H](OC(=O)c2ccccc2)[C@]23OC(=O)O[C@H]2[C@H](O)C(C)=C1C3(C)C.COC(=O)C1OC(c2ccc(OC)cc2OC)N(C(=O)OC(C)(C)C)C1CC(C)C.COc1ccc(C2CC(CC(C)C)C(C(=O)O[C@@H]3C(C)=C4[C@@H](OC(C)=O)C(=O)[C@]5(C)[C@@H](C)CC6OC[C@@]6(OC(C)=O)[C@H]5[C@H](OC(=O)c5ccccc5)[C@@]5(OC(=O)O[C@@H]35)C4(C)C)O2)c(OC)c1. The van der Waals surface area contributed by atoms with Gasteiger partial charge in [0, 0.05) is 72.6 Å². The van der Waals surface area contributed by atoms with Gasteiger partial charge in [-0.15, -0.1) is 0 Å². The largest absolute Gasteiger partial charge is 0.509 e. The van der Waals surface area contributed by atoms with Crippen LogP contribution in [0.4, 0.5) is 14.4 Å². The molecule has 2 spiro atoms. The van der Waals surface area contributed by atoms with Crippen molar-refractivity contribution < 1.29 is 167 Å². The van der Waals surface area contributed by atoms with E-state index in [2.05, 4.69) is 0 Å². The molecule has 0 aromatic heterocycles. The molecule has 1 amide bonds. The van der Waals surface area contributed by atoms with Gasteiger partial charge in [-0.05, 0) is 167 Å². The van der Waals surface area contributed by atoms with Crippen LogP contribution in [-0.2, 0) is 119 Å². The van der Waals surface area contributed by atoms with Crippen molar-refractivity contribution in [3.05, 3.63) is 142 Å². The zero-order valence-electron chi connectivity index (χ0n) is 84.7. The number of aliphatic hydroxyl groups excluding tert-OH is 1. The third-order valence-electron chi connectivity index (χ3n) is 31.2. The molecule has 10 fully saturated rings. The zero-order valence-corrected chi connectivity index (χ0v) is 84.7. The molecule has 4 bridgehead atoms. The quantitative estimate of drug-likeness (QED) is 0.0460. The molecule has 141 heavy (non-hydrogen) atoms. The molecule has 6 saturated heterocycles. The van der Waals surface area contributed by atoms with Gasteiger partial charge in [-0.3, -0.25) is 33.7 Å². The van der Waals surface area contributed by atoms with Crippen LogP contribution in [0.1, 0.15) is 222 Å². The fourth-order valence-corrected chi connectivity index (χ4v) is 24.8. The molecule has 6 aliphatic heterocycles. The van der Waals surface area contributed by atoms with E-state index in [9.17, 15) is 53.1 Å². The van der Waals surface area contributed by atoms with Crippen LogP contribution in [0, 0.1) is 63.1 Å². The molecule has 8 unspecified atom stereocenters. The third kappa shape index (κ3) is 17.8.